The quantitative estimate of drug-likeness (QED) is 0.662. The molecule has 1 aromatic rings. The molecule has 1 fully saturated rings. The molecule has 1 aliphatic heterocycles. The zero-order valence-corrected chi connectivity index (χ0v) is 12.3. The SMILES string of the molecule is CCCNc1ccc([N+](=O)[O-])c(N2CC(C)CC2C)n1. The summed E-state index contributed by atoms with van der Waals surface area (Å²) in [5.74, 6) is 1.74. The van der Waals surface area contributed by atoms with Crippen molar-refractivity contribution in [1.29, 1.82) is 0 Å². The maximum atomic E-state index is 11.2. The third kappa shape index (κ3) is 3.00. The van der Waals surface area contributed by atoms with Crippen molar-refractivity contribution in [3.05, 3.63) is 22.2 Å². The van der Waals surface area contributed by atoms with Crippen LogP contribution in [0.15, 0.2) is 12.1 Å². The van der Waals surface area contributed by atoms with Gasteiger partial charge in [0.05, 0.1) is 4.92 Å². The molecule has 2 rings (SSSR count). The van der Waals surface area contributed by atoms with E-state index in [1.165, 1.54) is 0 Å². The van der Waals surface area contributed by atoms with Crippen molar-refractivity contribution in [2.75, 3.05) is 23.3 Å². The first-order valence-corrected chi connectivity index (χ1v) is 7.18. The van der Waals surface area contributed by atoms with Crippen LogP contribution in [0.2, 0.25) is 0 Å². The Bertz CT molecular complexity index is 492. The molecule has 20 heavy (non-hydrogen) atoms. The van der Waals surface area contributed by atoms with E-state index >= 15 is 0 Å². The molecule has 1 N–H and O–H groups in total. The minimum Gasteiger partial charge on any atom is -0.370 e. The fourth-order valence-electron chi connectivity index (χ4n) is 2.74. The molecule has 6 nitrogen and oxygen atoms in total. The van der Waals surface area contributed by atoms with Gasteiger partial charge in [0.2, 0.25) is 5.82 Å². The van der Waals surface area contributed by atoms with Gasteiger partial charge in [0.25, 0.3) is 0 Å². The predicted octanol–water partition coefficient (Wildman–Crippen LogP) is 3.05. The van der Waals surface area contributed by atoms with E-state index in [9.17, 15) is 10.1 Å². The van der Waals surface area contributed by atoms with E-state index in [-0.39, 0.29) is 16.7 Å². The van der Waals surface area contributed by atoms with E-state index in [4.69, 9.17) is 0 Å². The normalized spacial score (nSPS) is 22.1. The van der Waals surface area contributed by atoms with Gasteiger partial charge in [0, 0.05) is 25.2 Å². The van der Waals surface area contributed by atoms with Gasteiger partial charge in [-0.1, -0.05) is 13.8 Å². The molecule has 0 amide bonds. The number of aromatic nitrogens is 1. The van der Waals surface area contributed by atoms with Crippen molar-refractivity contribution in [2.24, 2.45) is 5.92 Å². The van der Waals surface area contributed by atoms with Crippen LogP contribution in [-0.4, -0.2) is 29.0 Å². The van der Waals surface area contributed by atoms with Crippen LogP contribution in [0.4, 0.5) is 17.3 Å². The third-order valence-electron chi connectivity index (χ3n) is 3.66. The number of nitro groups is 1. The summed E-state index contributed by atoms with van der Waals surface area (Å²) in [7, 11) is 0. The Kier molecular flexibility index (Phi) is 4.42. The highest BCUT2D eigenvalue weighted by atomic mass is 16.6. The van der Waals surface area contributed by atoms with Gasteiger partial charge < -0.3 is 10.2 Å². The number of hydrogen-bond acceptors (Lipinski definition) is 5. The van der Waals surface area contributed by atoms with Gasteiger partial charge in [-0.15, -0.1) is 0 Å². The van der Waals surface area contributed by atoms with Crippen molar-refractivity contribution in [3.63, 3.8) is 0 Å². The lowest BCUT2D eigenvalue weighted by molar-refractivity contribution is -0.384. The highest BCUT2D eigenvalue weighted by molar-refractivity contribution is 5.62. The monoisotopic (exact) mass is 278 g/mol. The molecule has 0 aliphatic carbocycles. The lowest BCUT2D eigenvalue weighted by atomic mass is 10.1. The largest absolute Gasteiger partial charge is 0.370 e. The summed E-state index contributed by atoms with van der Waals surface area (Å²) in [5.41, 5.74) is 0.0907. The molecule has 110 valence electrons. The van der Waals surface area contributed by atoms with E-state index in [0.29, 0.717) is 17.6 Å². The summed E-state index contributed by atoms with van der Waals surface area (Å²) in [6.07, 6.45) is 2.04. The van der Waals surface area contributed by atoms with Crippen LogP contribution < -0.4 is 10.2 Å². The minimum absolute atomic E-state index is 0.0907. The Labute approximate surface area is 119 Å². The molecule has 0 spiro atoms. The van der Waals surface area contributed by atoms with E-state index in [0.717, 1.165) is 25.9 Å². The molecule has 2 unspecified atom stereocenters. The standard InChI is InChI=1S/C14H22N4O2/c1-4-7-15-13-6-5-12(18(19)20)14(16-13)17-9-10(2)8-11(17)3/h5-6,10-11H,4,7-9H2,1-3H3,(H,15,16). The van der Waals surface area contributed by atoms with Crippen LogP contribution in [0, 0.1) is 16.0 Å². The van der Waals surface area contributed by atoms with Crippen LogP contribution in [-0.2, 0) is 0 Å². The van der Waals surface area contributed by atoms with Gasteiger partial charge in [-0.2, -0.15) is 0 Å². The highest BCUT2D eigenvalue weighted by Gasteiger charge is 2.32. The predicted molar refractivity (Wildman–Crippen MR) is 80.3 cm³/mol. The van der Waals surface area contributed by atoms with Crippen LogP contribution >= 0.6 is 0 Å². The van der Waals surface area contributed by atoms with Crippen LogP contribution in [0.5, 0.6) is 0 Å². The molecule has 2 heterocycles. The van der Waals surface area contributed by atoms with E-state index < -0.39 is 0 Å². The maximum Gasteiger partial charge on any atom is 0.311 e. The molecule has 2 atom stereocenters. The smallest absolute Gasteiger partial charge is 0.311 e. The number of nitrogens with one attached hydrogen (secondary N) is 1. The molecule has 1 saturated heterocycles. The maximum absolute atomic E-state index is 11.2. The number of pyridine rings is 1. The van der Waals surface area contributed by atoms with Crippen molar-refractivity contribution in [3.8, 4) is 0 Å². The Morgan fingerprint density at radius 1 is 1.50 bits per heavy atom. The minimum atomic E-state index is -0.346. The lowest BCUT2D eigenvalue weighted by Gasteiger charge is -2.22. The molecule has 0 bridgehead atoms. The van der Waals surface area contributed by atoms with Gasteiger partial charge in [0.15, 0.2) is 0 Å². The summed E-state index contributed by atoms with van der Waals surface area (Å²) in [4.78, 5) is 17.4. The lowest BCUT2D eigenvalue weighted by Crippen LogP contribution is -2.28. The zero-order chi connectivity index (χ0) is 14.7. The molecule has 0 saturated carbocycles. The fourth-order valence-corrected chi connectivity index (χ4v) is 2.74. The van der Waals surface area contributed by atoms with Gasteiger partial charge in [-0.25, -0.2) is 4.98 Å². The van der Waals surface area contributed by atoms with Gasteiger partial charge >= 0.3 is 5.69 Å². The van der Waals surface area contributed by atoms with Crippen LogP contribution in [0.1, 0.15) is 33.6 Å². The second-order valence-electron chi connectivity index (χ2n) is 5.57. The van der Waals surface area contributed by atoms with Crippen molar-refractivity contribution >= 4 is 17.3 Å². The number of nitrogens with zero attached hydrogens (tertiary/aromatic N) is 3. The third-order valence-corrected chi connectivity index (χ3v) is 3.66. The van der Waals surface area contributed by atoms with E-state index in [1.807, 2.05) is 0 Å². The van der Waals surface area contributed by atoms with Gasteiger partial charge in [-0.05, 0) is 31.7 Å². The number of anilines is 2. The Balaban J connectivity index is 2.34. The Hall–Kier alpha value is -1.85. The van der Waals surface area contributed by atoms with Crippen molar-refractivity contribution in [1.82, 2.24) is 4.98 Å². The molecule has 1 aliphatic rings. The fraction of sp³-hybridized carbons (Fsp3) is 0.643. The van der Waals surface area contributed by atoms with Gasteiger partial charge in [-0.3, -0.25) is 10.1 Å². The summed E-state index contributed by atoms with van der Waals surface area (Å²) >= 11 is 0. The summed E-state index contributed by atoms with van der Waals surface area (Å²) in [5, 5.41) is 14.4. The highest BCUT2D eigenvalue weighted by Crippen LogP contribution is 2.34. The summed E-state index contributed by atoms with van der Waals surface area (Å²) in [6, 6.07) is 3.52. The van der Waals surface area contributed by atoms with E-state index in [2.05, 4.69) is 36.0 Å². The van der Waals surface area contributed by atoms with Crippen LogP contribution in [0.3, 0.4) is 0 Å². The zero-order valence-electron chi connectivity index (χ0n) is 12.3. The summed E-state index contributed by atoms with van der Waals surface area (Å²) < 4.78 is 0. The second-order valence-corrected chi connectivity index (χ2v) is 5.57. The average molecular weight is 278 g/mol. The Morgan fingerprint density at radius 2 is 2.25 bits per heavy atom. The number of hydrogen-bond donors (Lipinski definition) is 1. The first kappa shape index (κ1) is 14.6. The van der Waals surface area contributed by atoms with Crippen molar-refractivity contribution < 1.29 is 4.92 Å². The summed E-state index contributed by atoms with van der Waals surface area (Å²) in [6.45, 7) is 7.98. The molecule has 1 aromatic heterocycles. The van der Waals surface area contributed by atoms with Gasteiger partial charge in [0.1, 0.15) is 5.82 Å². The van der Waals surface area contributed by atoms with E-state index in [1.54, 1.807) is 12.1 Å². The van der Waals surface area contributed by atoms with Crippen LogP contribution in [0.25, 0.3) is 0 Å². The number of rotatable bonds is 5. The topological polar surface area (TPSA) is 71.3 Å². The second kappa shape index (κ2) is 6.07. The van der Waals surface area contributed by atoms with Crippen molar-refractivity contribution in [2.45, 2.75) is 39.7 Å². The Morgan fingerprint density at radius 3 is 2.80 bits per heavy atom. The molecular weight excluding hydrogens is 256 g/mol. The first-order chi connectivity index (χ1) is 9.52. The molecular formula is C14H22N4O2. The first-order valence-electron chi connectivity index (χ1n) is 7.18. The average Bonchev–Trinajstić information content (AvgIpc) is 2.74. The molecule has 0 aromatic carbocycles. The molecule has 0 radical (unpaired) electrons. The molecule has 6 heteroatoms.